The fourth-order valence-corrected chi connectivity index (χ4v) is 1.70. The van der Waals surface area contributed by atoms with Crippen molar-refractivity contribution in [3.63, 3.8) is 0 Å². The van der Waals surface area contributed by atoms with Crippen LogP contribution < -0.4 is 5.32 Å². The van der Waals surface area contributed by atoms with Gasteiger partial charge in [-0.05, 0) is 18.4 Å². The molecule has 5 nitrogen and oxygen atoms in total. The van der Waals surface area contributed by atoms with Gasteiger partial charge in [0, 0.05) is 25.3 Å². The smallest absolute Gasteiger partial charge is 0.292 e. The predicted octanol–water partition coefficient (Wildman–Crippen LogP) is 2.55. The van der Waals surface area contributed by atoms with E-state index >= 15 is 0 Å². The first-order valence-electron chi connectivity index (χ1n) is 5.87. The molecule has 6 heteroatoms. The Bertz CT molecular complexity index is 412. The van der Waals surface area contributed by atoms with Crippen molar-refractivity contribution in [3.8, 4) is 0 Å². The summed E-state index contributed by atoms with van der Waals surface area (Å²) >= 11 is 0. The normalized spacial score (nSPS) is 12.2. The van der Waals surface area contributed by atoms with Crippen LogP contribution in [0, 0.1) is 21.8 Å². The molecule has 0 fully saturated rings. The lowest BCUT2D eigenvalue weighted by atomic mass is 10.0. The molecular weight excluding hydrogens is 239 g/mol. The Balaban J connectivity index is 2.76. The van der Waals surface area contributed by atoms with Crippen molar-refractivity contribution < 1.29 is 14.4 Å². The number of benzene rings is 1. The molecule has 1 rings (SSSR count). The molecule has 1 unspecified atom stereocenters. The van der Waals surface area contributed by atoms with Gasteiger partial charge in [0.2, 0.25) is 0 Å². The third-order valence-corrected chi connectivity index (χ3v) is 2.85. The first kappa shape index (κ1) is 14.4. The van der Waals surface area contributed by atoms with Crippen molar-refractivity contribution in [3.05, 3.63) is 34.1 Å². The van der Waals surface area contributed by atoms with Crippen LogP contribution in [-0.4, -0.2) is 23.2 Å². The zero-order valence-corrected chi connectivity index (χ0v) is 10.2. The van der Waals surface area contributed by atoms with Crippen LogP contribution in [0.1, 0.15) is 19.8 Å². The van der Waals surface area contributed by atoms with E-state index in [1.165, 1.54) is 0 Å². The number of aliphatic hydroxyl groups excluding tert-OH is 1. The van der Waals surface area contributed by atoms with Crippen LogP contribution in [0.2, 0.25) is 0 Å². The first-order valence-corrected chi connectivity index (χ1v) is 5.87. The summed E-state index contributed by atoms with van der Waals surface area (Å²) < 4.78 is 13.1. The Morgan fingerprint density at radius 2 is 2.28 bits per heavy atom. The molecule has 0 aliphatic rings. The number of nitrogens with one attached hydrogen (secondary N) is 1. The summed E-state index contributed by atoms with van der Waals surface area (Å²) in [5, 5.41) is 22.5. The third-order valence-electron chi connectivity index (χ3n) is 2.85. The minimum absolute atomic E-state index is 0.0748. The molecule has 0 aliphatic heterocycles. The van der Waals surface area contributed by atoms with Gasteiger partial charge < -0.3 is 10.4 Å². The van der Waals surface area contributed by atoms with Gasteiger partial charge in [-0.2, -0.15) is 0 Å². The van der Waals surface area contributed by atoms with Gasteiger partial charge >= 0.3 is 0 Å². The number of nitrogens with zero attached hydrogens (tertiary/aromatic N) is 1. The Morgan fingerprint density at radius 3 is 2.83 bits per heavy atom. The monoisotopic (exact) mass is 256 g/mol. The lowest BCUT2D eigenvalue weighted by Crippen LogP contribution is -2.15. The SMILES string of the molecule is CCC(CCO)CNc1cc(F)ccc1[N+](=O)[O-]. The Labute approximate surface area is 105 Å². The molecule has 1 aromatic rings. The molecule has 1 atom stereocenters. The molecule has 0 bridgehead atoms. The van der Waals surface area contributed by atoms with Crippen LogP contribution in [0.4, 0.5) is 15.8 Å². The molecule has 2 N–H and O–H groups in total. The van der Waals surface area contributed by atoms with Gasteiger partial charge in [0.1, 0.15) is 11.5 Å². The van der Waals surface area contributed by atoms with Crippen molar-refractivity contribution in [2.24, 2.45) is 5.92 Å². The summed E-state index contributed by atoms with van der Waals surface area (Å²) in [5.41, 5.74) is 0.0339. The van der Waals surface area contributed by atoms with E-state index in [2.05, 4.69) is 5.32 Å². The van der Waals surface area contributed by atoms with Crippen LogP contribution in [0.5, 0.6) is 0 Å². The largest absolute Gasteiger partial charge is 0.396 e. The number of hydrogen-bond donors (Lipinski definition) is 2. The van der Waals surface area contributed by atoms with E-state index in [0.29, 0.717) is 13.0 Å². The quantitative estimate of drug-likeness (QED) is 0.580. The van der Waals surface area contributed by atoms with Crippen molar-refractivity contribution in [1.82, 2.24) is 0 Å². The summed E-state index contributed by atoms with van der Waals surface area (Å²) in [4.78, 5) is 10.2. The molecule has 0 heterocycles. The zero-order valence-electron chi connectivity index (χ0n) is 10.2. The zero-order chi connectivity index (χ0) is 13.5. The first-order chi connectivity index (χ1) is 8.58. The molecule has 0 spiro atoms. The maximum Gasteiger partial charge on any atom is 0.292 e. The fourth-order valence-electron chi connectivity index (χ4n) is 1.70. The second-order valence-corrected chi connectivity index (χ2v) is 4.09. The average molecular weight is 256 g/mol. The highest BCUT2D eigenvalue weighted by atomic mass is 19.1. The molecule has 0 aromatic heterocycles. The van der Waals surface area contributed by atoms with Crippen molar-refractivity contribution in [2.75, 3.05) is 18.5 Å². The number of hydrogen-bond acceptors (Lipinski definition) is 4. The molecular formula is C12H17FN2O3. The molecule has 1 aromatic carbocycles. The average Bonchev–Trinajstić information content (AvgIpc) is 2.34. The van der Waals surface area contributed by atoms with E-state index in [0.717, 1.165) is 24.6 Å². The van der Waals surface area contributed by atoms with Gasteiger partial charge in [-0.3, -0.25) is 10.1 Å². The summed E-state index contributed by atoms with van der Waals surface area (Å²) in [6.45, 7) is 2.52. The van der Waals surface area contributed by atoms with E-state index in [1.54, 1.807) is 0 Å². The maximum atomic E-state index is 13.1. The van der Waals surface area contributed by atoms with Gasteiger partial charge in [0.15, 0.2) is 0 Å². The number of nitro benzene ring substituents is 1. The summed E-state index contributed by atoms with van der Waals surface area (Å²) in [6.07, 6.45) is 1.46. The summed E-state index contributed by atoms with van der Waals surface area (Å²) in [7, 11) is 0. The minimum atomic E-state index is -0.547. The molecule has 0 radical (unpaired) electrons. The van der Waals surface area contributed by atoms with Crippen LogP contribution in [0.3, 0.4) is 0 Å². The molecule has 0 amide bonds. The van der Waals surface area contributed by atoms with E-state index in [1.807, 2.05) is 6.92 Å². The number of nitro groups is 1. The Hall–Kier alpha value is -1.69. The lowest BCUT2D eigenvalue weighted by molar-refractivity contribution is -0.384. The molecule has 0 saturated heterocycles. The highest BCUT2D eigenvalue weighted by molar-refractivity contribution is 5.61. The number of rotatable bonds is 7. The number of anilines is 1. The molecule has 18 heavy (non-hydrogen) atoms. The van der Waals surface area contributed by atoms with Gasteiger partial charge in [-0.25, -0.2) is 4.39 Å². The van der Waals surface area contributed by atoms with E-state index in [-0.39, 0.29) is 23.9 Å². The lowest BCUT2D eigenvalue weighted by Gasteiger charge is -2.15. The molecule has 0 saturated carbocycles. The highest BCUT2D eigenvalue weighted by Gasteiger charge is 2.15. The van der Waals surface area contributed by atoms with Crippen molar-refractivity contribution in [2.45, 2.75) is 19.8 Å². The van der Waals surface area contributed by atoms with Crippen LogP contribution in [0.15, 0.2) is 18.2 Å². The fraction of sp³-hybridized carbons (Fsp3) is 0.500. The van der Waals surface area contributed by atoms with Crippen LogP contribution in [0.25, 0.3) is 0 Å². The van der Waals surface area contributed by atoms with E-state index in [9.17, 15) is 14.5 Å². The maximum absolute atomic E-state index is 13.1. The minimum Gasteiger partial charge on any atom is -0.396 e. The van der Waals surface area contributed by atoms with Gasteiger partial charge in [-0.15, -0.1) is 0 Å². The van der Waals surface area contributed by atoms with E-state index < -0.39 is 10.7 Å². The second kappa shape index (κ2) is 6.90. The Kier molecular flexibility index (Phi) is 5.51. The summed E-state index contributed by atoms with van der Waals surface area (Å²) in [6, 6.07) is 3.32. The van der Waals surface area contributed by atoms with Gasteiger partial charge in [-0.1, -0.05) is 13.3 Å². The third kappa shape index (κ3) is 3.96. The van der Waals surface area contributed by atoms with Gasteiger partial charge in [0.25, 0.3) is 5.69 Å². The van der Waals surface area contributed by atoms with E-state index in [4.69, 9.17) is 5.11 Å². The van der Waals surface area contributed by atoms with Crippen molar-refractivity contribution >= 4 is 11.4 Å². The number of aliphatic hydroxyl groups is 1. The Morgan fingerprint density at radius 1 is 1.56 bits per heavy atom. The van der Waals surface area contributed by atoms with Gasteiger partial charge in [0.05, 0.1) is 4.92 Å². The molecule has 0 aliphatic carbocycles. The predicted molar refractivity (Wildman–Crippen MR) is 67.0 cm³/mol. The van der Waals surface area contributed by atoms with Crippen molar-refractivity contribution in [1.29, 1.82) is 0 Å². The topological polar surface area (TPSA) is 75.4 Å². The molecule has 100 valence electrons. The van der Waals surface area contributed by atoms with Crippen LogP contribution >= 0.6 is 0 Å². The van der Waals surface area contributed by atoms with Crippen LogP contribution in [-0.2, 0) is 0 Å². The highest BCUT2D eigenvalue weighted by Crippen LogP contribution is 2.25. The standard InChI is InChI=1S/C12H17FN2O3/c1-2-9(5-6-16)8-14-11-7-10(13)3-4-12(11)15(17)18/h3-4,7,9,14,16H,2,5-6,8H2,1H3. The number of halogens is 1. The second-order valence-electron chi connectivity index (χ2n) is 4.09. The summed E-state index contributed by atoms with van der Waals surface area (Å²) in [5.74, 6) is -0.309.